The van der Waals surface area contributed by atoms with Gasteiger partial charge in [-0.15, -0.1) is 0 Å². The van der Waals surface area contributed by atoms with Gasteiger partial charge in [0.25, 0.3) is 17.5 Å². The Morgan fingerprint density at radius 2 is 1.54 bits per heavy atom. The van der Waals surface area contributed by atoms with Gasteiger partial charge in [0.2, 0.25) is 5.91 Å². The Morgan fingerprint density at radius 3 is 2.14 bits per heavy atom. The number of nitro groups is 1. The summed E-state index contributed by atoms with van der Waals surface area (Å²) < 4.78 is 0. The number of rotatable bonds is 6. The molecule has 3 amide bonds. The van der Waals surface area contributed by atoms with E-state index >= 15 is 0 Å². The number of amides is 3. The number of carbonyl (C=O) groups excluding carboxylic acids is 3. The monoisotopic (exact) mass is 500 g/mol. The molecule has 0 saturated carbocycles. The van der Waals surface area contributed by atoms with E-state index in [1.807, 2.05) is 6.07 Å². The molecule has 3 aromatic rings. The first kappa shape index (κ1) is 25.6. The Bertz CT molecular complexity index is 1320. The number of para-hydroxylation sites is 2. The molecule has 1 aliphatic heterocycles. The van der Waals surface area contributed by atoms with Crippen LogP contribution in [-0.4, -0.2) is 39.1 Å². The number of carbonyl (C=O) groups is 3. The Kier molecular flexibility index (Phi) is 7.06. The molecule has 0 bridgehead atoms. The molecule has 190 valence electrons. The van der Waals surface area contributed by atoms with E-state index in [2.05, 4.69) is 5.32 Å². The van der Waals surface area contributed by atoms with Crippen LogP contribution in [0.2, 0.25) is 0 Å². The van der Waals surface area contributed by atoms with Crippen molar-refractivity contribution in [3.8, 4) is 0 Å². The summed E-state index contributed by atoms with van der Waals surface area (Å²) in [7, 11) is 0. The molecule has 4 rings (SSSR count). The summed E-state index contributed by atoms with van der Waals surface area (Å²) in [5.74, 6) is -1.28. The molecule has 0 aromatic heterocycles. The van der Waals surface area contributed by atoms with Crippen LogP contribution in [0.4, 0.5) is 17.1 Å². The van der Waals surface area contributed by atoms with Crippen LogP contribution in [0.15, 0.2) is 84.9 Å². The van der Waals surface area contributed by atoms with Crippen molar-refractivity contribution < 1.29 is 19.3 Å². The normalized spacial score (nSPS) is 18.0. The Hall–Kier alpha value is -4.53. The number of benzene rings is 3. The molecule has 0 spiro atoms. The fraction of sp³-hybridized carbons (Fsp3) is 0.250. The average molecular weight is 501 g/mol. The lowest BCUT2D eigenvalue weighted by Gasteiger charge is -2.50. The van der Waals surface area contributed by atoms with E-state index in [0.29, 0.717) is 16.9 Å². The first-order valence-electron chi connectivity index (χ1n) is 11.9. The second-order valence-electron chi connectivity index (χ2n) is 9.81. The highest BCUT2D eigenvalue weighted by atomic mass is 16.6. The van der Waals surface area contributed by atoms with Crippen LogP contribution in [0.5, 0.6) is 0 Å². The van der Waals surface area contributed by atoms with Gasteiger partial charge in [0, 0.05) is 29.0 Å². The van der Waals surface area contributed by atoms with Crippen molar-refractivity contribution in [1.82, 2.24) is 4.90 Å². The minimum Gasteiger partial charge on any atom is -0.326 e. The zero-order valence-electron chi connectivity index (χ0n) is 20.8. The van der Waals surface area contributed by atoms with Gasteiger partial charge in [0.05, 0.1) is 11.3 Å². The molecular formula is C28H28N4O5. The van der Waals surface area contributed by atoms with Gasteiger partial charge in [-0.1, -0.05) is 48.5 Å². The molecule has 1 fully saturated rings. The Balaban J connectivity index is 1.79. The molecule has 1 N–H and O–H groups in total. The number of non-ortho nitro benzene ring substituents is 1. The van der Waals surface area contributed by atoms with Crippen LogP contribution in [0.3, 0.4) is 0 Å². The van der Waals surface area contributed by atoms with Crippen molar-refractivity contribution in [2.75, 3.05) is 10.2 Å². The highest BCUT2D eigenvalue weighted by molar-refractivity contribution is 6.11. The lowest BCUT2D eigenvalue weighted by Crippen LogP contribution is -2.66. The molecule has 37 heavy (non-hydrogen) atoms. The van der Waals surface area contributed by atoms with Crippen LogP contribution in [0.1, 0.15) is 38.8 Å². The SMILES string of the molecule is CC(C)(C)N1C(=O)C(c2cccc([N+](=O)[O-])c2)N(c2ccccc2)C(=O)C1CC(=O)Nc1ccccc1. The van der Waals surface area contributed by atoms with Crippen molar-refractivity contribution in [3.05, 3.63) is 101 Å². The second kappa shape index (κ2) is 10.2. The van der Waals surface area contributed by atoms with Crippen molar-refractivity contribution in [3.63, 3.8) is 0 Å². The largest absolute Gasteiger partial charge is 0.326 e. The van der Waals surface area contributed by atoms with Gasteiger partial charge < -0.3 is 10.2 Å². The maximum Gasteiger partial charge on any atom is 0.269 e. The molecule has 0 aliphatic carbocycles. The van der Waals surface area contributed by atoms with E-state index in [9.17, 15) is 24.5 Å². The molecule has 3 aromatic carbocycles. The maximum absolute atomic E-state index is 14.2. The van der Waals surface area contributed by atoms with Crippen molar-refractivity contribution in [2.45, 2.75) is 44.8 Å². The first-order valence-corrected chi connectivity index (χ1v) is 11.9. The third kappa shape index (κ3) is 5.35. The summed E-state index contributed by atoms with van der Waals surface area (Å²) >= 11 is 0. The second-order valence-corrected chi connectivity index (χ2v) is 9.81. The molecule has 1 saturated heterocycles. The van der Waals surface area contributed by atoms with Crippen LogP contribution in [0.25, 0.3) is 0 Å². The minimum absolute atomic E-state index is 0.183. The third-order valence-corrected chi connectivity index (χ3v) is 6.15. The summed E-state index contributed by atoms with van der Waals surface area (Å²) in [4.78, 5) is 55.0. The van der Waals surface area contributed by atoms with Gasteiger partial charge in [-0.3, -0.25) is 29.4 Å². The predicted molar refractivity (Wildman–Crippen MR) is 140 cm³/mol. The Morgan fingerprint density at radius 1 is 0.919 bits per heavy atom. The average Bonchev–Trinajstić information content (AvgIpc) is 2.86. The van der Waals surface area contributed by atoms with Gasteiger partial charge in [-0.05, 0) is 50.6 Å². The van der Waals surface area contributed by atoms with Crippen LogP contribution >= 0.6 is 0 Å². The summed E-state index contributed by atoms with van der Waals surface area (Å²) in [6.07, 6.45) is -0.248. The molecule has 1 heterocycles. The van der Waals surface area contributed by atoms with Gasteiger partial charge in [0.15, 0.2) is 0 Å². The fourth-order valence-electron chi connectivity index (χ4n) is 4.64. The zero-order valence-corrected chi connectivity index (χ0v) is 20.8. The predicted octanol–water partition coefficient (Wildman–Crippen LogP) is 4.71. The quantitative estimate of drug-likeness (QED) is 0.389. The number of hydrogen-bond donors (Lipinski definition) is 1. The Labute approximate surface area is 214 Å². The molecule has 2 atom stereocenters. The molecule has 2 unspecified atom stereocenters. The zero-order chi connectivity index (χ0) is 26.7. The van der Waals surface area contributed by atoms with Crippen molar-refractivity contribution >= 4 is 34.8 Å². The molecule has 0 radical (unpaired) electrons. The molecule has 9 heteroatoms. The number of nitrogens with zero attached hydrogens (tertiary/aromatic N) is 3. The summed E-state index contributed by atoms with van der Waals surface area (Å²) in [6, 6.07) is 21.1. The highest BCUT2D eigenvalue weighted by Crippen LogP contribution is 2.39. The molecular weight excluding hydrogens is 472 g/mol. The number of nitro benzene ring substituents is 1. The van der Waals surface area contributed by atoms with E-state index in [-0.39, 0.29) is 12.1 Å². The molecule has 9 nitrogen and oxygen atoms in total. The van der Waals surface area contributed by atoms with E-state index < -0.39 is 40.3 Å². The van der Waals surface area contributed by atoms with Crippen LogP contribution < -0.4 is 10.2 Å². The smallest absolute Gasteiger partial charge is 0.269 e. The number of hydrogen-bond acceptors (Lipinski definition) is 5. The van der Waals surface area contributed by atoms with E-state index in [4.69, 9.17) is 0 Å². The maximum atomic E-state index is 14.2. The van der Waals surface area contributed by atoms with Crippen LogP contribution in [0, 0.1) is 10.1 Å². The van der Waals surface area contributed by atoms with Gasteiger partial charge in [0.1, 0.15) is 12.1 Å². The number of nitrogens with one attached hydrogen (secondary N) is 1. The summed E-state index contributed by atoms with van der Waals surface area (Å²) in [5, 5.41) is 14.3. The van der Waals surface area contributed by atoms with Gasteiger partial charge in [-0.2, -0.15) is 0 Å². The topological polar surface area (TPSA) is 113 Å². The lowest BCUT2D eigenvalue weighted by atomic mass is 9.90. The van der Waals surface area contributed by atoms with Gasteiger partial charge in [-0.25, -0.2) is 0 Å². The van der Waals surface area contributed by atoms with Crippen LogP contribution in [-0.2, 0) is 14.4 Å². The minimum atomic E-state index is -1.14. The standard InChI is InChI=1S/C28H28N4O5/c1-28(2,3)31-23(18-24(33)29-20-12-6-4-7-13-20)26(34)30(21-14-8-5-9-15-21)25(27(31)35)19-11-10-16-22(17-19)32(36)37/h4-17,23,25H,18H2,1-3H3,(H,29,33). The first-order chi connectivity index (χ1) is 17.6. The highest BCUT2D eigenvalue weighted by Gasteiger charge is 2.51. The molecule has 1 aliphatic rings. The van der Waals surface area contributed by atoms with E-state index in [1.165, 1.54) is 28.0 Å². The lowest BCUT2D eigenvalue weighted by molar-refractivity contribution is -0.384. The van der Waals surface area contributed by atoms with Gasteiger partial charge >= 0.3 is 0 Å². The van der Waals surface area contributed by atoms with E-state index in [0.717, 1.165) is 0 Å². The number of anilines is 2. The summed E-state index contributed by atoms with van der Waals surface area (Å²) in [6.45, 7) is 5.38. The third-order valence-electron chi connectivity index (χ3n) is 6.15. The van der Waals surface area contributed by atoms with Crippen molar-refractivity contribution in [2.24, 2.45) is 0 Å². The fourth-order valence-corrected chi connectivity index (χ4v) is 4.64. The number of piperazine rings is 1. The summed E-state index contributed by atoms with van der Waals surface area (Å²) in [5.41, 5.74) is 0.361. The van der Waals surface area contributed by atoms with Crippen molar-refractivity contribution in [1.29, 1.82) is 0 Å². The van der Waals surface area contributed by atoms with E-state index in [1.54, 1.807) is 81.4 Å².